The van der Waals surface area contributed by atoms with Crippen LogP contribution in [0.2, 0.25) is 0 Å². The molecule has 0 bridgehead atoms. The highest BCUT2D eigenvalue weighted by Crippen LogP contribution is 2.47. The minimum absolute atomic E-state index is 0.147. The Morgan fingerprint density at radius 1 is 0.556 bits per heavy atom. The topological polar surface area (TPSA) is 20.2 Å². The number of aliphatic hydroxyl groups excluding tert-OH is 1. The van der Waals surface area contributed by atoms with E-state index in [2.05, 4.69) is 0 Å². The van der Waals surface area contributed by atoms with Crippen LogP contribution in [0.4, 0.5) is 8.78 Å². The summed E-state index contributed by atoms with van der Waals surface area (Å²) < 4.78 is 28.3. The number of rotatable bonds is 4. The molecule has 1 N–H and O–H groups in total. The lowest BCUT2D eigenvalue weighted by Crippen LogP contribution is -2.44. The molecule has 0 saturated heterocycles. The zero-order valence-corrected chi connectivity index (χ0v) is 17.0. The van der Waals surface area contributed by atoms with Crippen LogP contribution in [0.5, 0.6) is 0 Å². The van der Waals surface area contributed by atoms with E-state index < -0.39 is 18.4 Å². The maximum absolute atomic E-state index is 14.4. The quantitative estimate of drug-likeness (QED) is 0.579. The van der Waals surface area contributed by atoms with Crippen molar-refractivity contribution in [3.63, 3.8) is 0 Å². The standard InChI is InChI=1S/C24H40F2O/c25-23-21(13-14-22(27)24(23)26)20-11-9-19(10-12-20)18-7-5-17(6-8-18)15-16-3-1-2-4-16/h16-24,27H,1-15H2. The first-order valence-corrected chi connectivity index (χ1v) is 12.1. The summed E-state index contributed by atoms with van der Waals surface area (Å²) in [5.74, 6) is 3.95. The van der Waals surface area contributed by atoms with Gasteiger partial charge in [-0.05, 0) is 93.3 Å². The summed E-state index contributed by atoms with van der Waals surface area (Å²) in [4.78, 5) is 0. The van der Waals surface area contributed by atoms with Gasteiger partial charge in [-0.3, -0.25) is 0 Å². The zero-order chi connectivity index (χ0) is 18.8. The second kappa shape index (κ2) is 9.09. The van der Waals surface area contributed by atoms with E-state index in [0.29, 0.717) is 18.8 Å². The molecule has 1 nitrogen and oxygen atoms in total. The first-order chi connectivity index (χ1) is 13.1. The predicted octanol–water partition coefficient (Wildman–Crippen LogP) is 6.63. The van der Waals surface area contributed by atoms with Crippen LogP contribution in [0.1, 0.15) is 96.3 Å². The lowest BCUT2D eigenvalue weighted by molar-refractivity contribution is -0.0561. The Balaban J connectivity index is 1.20. The molecule has 4 saturated carbocycles. The van der Waals surface area contributed by atoms with Crippen molar-refractivity contribution in [1.82, 2.24) is 0 Å². The monoisotopic (exact) mass is 382 g/mol. The number of aliphatic hydroxyl groups is 1. The Bertz CT molecular complexity index is 447. The smallest absolute Gasteiger partial charge is 0.157 e. The molecule has 0 aromatic carbocycles. The summed E-state index contributed by atoms with van der Waals surface area (Å²) in [6.07, 6.45) is 14.7. The molecule has 0 aromatic rings. The molecule has 0 heterocycles. The third-order valence-electron chi connectivity index (χ3n) is 9.00. The number of halogens is 2. The van der Waals surface area contributed by atoms with Crippen LogP contribution in [0.15, 0.2) is 0 Å². The van der Waals surface area contributed by atoms with Gasteiger partial charge in [0.05, 0.1) is 6.10 Å². The SMILES string of the molecule is OC1CCC(C2CCC(C3CCC(CC4CCCC4)CC3)CC2)C(F)C1F. The van der Waals surface area contributed by atoms with Crippen molar-refractivity contribution in [2.75, 3.05) is 0 Å². The third kappa shape index (κ3) is 4.70. The van der Waals surface area contributed by atoms with Crippen molar-refractivity contribution in [2.45, 2.75) is 115 Å². The van der Waals surface area contributed by atoms with Gasteiger partial charge in [-0.25, -0.2) is 8.78 Å². The van der Waals surface area contributed by atoms with E-state index in [0.717, 1.165) is 36.5 Å². The summed E-state index contributed by atoms with van der Waals surface area (Å²) in [7, 11) is 0. The lowest BCUT2D eigenvalue weighted by atomic mass is 9.64. The second-order valence-electron chi connectivity index (χ2n) is 10.5. The van der Waals surface area contributed by atoms with E-state index in [1.807, 2.05) is 0 Å². The highest BCUT2D eigenvalue weighted by atomic mass is 19.2. The van der Waals surface area contributed by atoms with Crippen molar-refractivity contribution in [3.05, 3.63) is 0 Å². The molecule has 4 aliphatic carbocycles. The van der Waals surface area contributed by atoms with Crippen molar-refractivity contribution < 1.29 is 13.9 Å². The minimum atomic E-state index is -1.66. The Labute approximate surface area is 164 Å². The van der Waals surface area contributed by atoms with Crippen LogP contribution in [0.25, 0.3) is 0 Å². The van der Waals surface area contributed by atoms with Crippen LogP contribution >= 0.6 is 0 Å². The lowest BCUT2D eigenvalue weighted by Gasteiger charge is -2.42. The van der Waals surface area contributed by atoms with Crippen LogP contribution in [0, 0.1) is 35.5 Å². The number of alkyl halides is 2. The minimum Gasteiger partial charge on any atom is -0.390 e. The summed E-state index contributed by atoms with van der Waals surface area (Å²) in [6, 6.07) is 0. The van der Waals surface area contributed by atoms with Gasteiger partial charge in [-0.15, -0.1) is 0 Å². The predicted molar refractivity (Wildman–Crippen MR) is 106 cm³/mol. The fourth-order valence-electron chi connectivity index (χ4n) is 7.28. The van der Waals surface area contributed by atoms with Gasteiger partial charge in [0.2, 0.25) is 0 Å². The van der Waals surface area contributed by atoms with E-state index in [1.165, 1.54) is 70.6 Å². The molecule has 0 amide bonds. The second-order valence-corrected chi connectivity index (χ2v) is 10.5. The van der Waals surface area contributed by atoms with Gasteiger partial charge in [0.25, 0.3) is 0 Å². The van der Waals surface area contributed by atoms with Gasteiger partial charge >= 0.3 is 0 Å². The zero-order valence-electron chi connectivity index (χ0n) is 17.0. The maximum Gasteiger partial charge on any atom is 0.157 e. The van der Waals surface area contributed by atoms with Crippen LogP contribution in [0.3, 0.4) is 0 Å². The molecule has 156 valence electrons. The number of hydrogen-bond acceptors (Lipinski definition) is 1. The Kier molecular flexibility index (Phi) is 6.77. The van der Waals surface area contributed by atoms with E-state index in [4.69, 9.17) is 0 Å². The molecule has 0 aromatic heterocycles. The molecule has 27 heavy (non-hydrogen) atoms. The van der Waals surface area contributed by atoms with Crippen molar-refractivity contribution >= 4 is 0 Å². The molecule has 4 atom stereocenters. The van der Waals surface area contributed by atoms with Gasteiger partial charge in [-0.2, -0.15) is 0 Å². The highest BCUT2D eigenvalue weighted by Gasteiger charge is 2.44. The van der Waals surface area contributed by atoms with Crippen LogP contribution in [-0.4, -0.2) is 23.6 Å². The normalized spacial score (nSPS) is 47.2. The van der Waals surface area contributed by atoms with Gasteiger partial charge in [0.1, 0.15) is 6.17 Å². The molecule has 0 radical (unpaired) electrons. The molecule has 4 fully saturated rings. The highest BCUT2D eigenvalue weighted by molar-refractivity contribution is 4.93. The Morgan fingerprint density at radius 2 is 1.07 bits per heavy atom. The molecule has 4 unspecified atom stereocenters. The summed E-state index contributed by atoms with van der Waals surface area (Å²) in [6.45, 7) is 0. The van der Waals surface area contributed by atoms with Crippen molar-refractivity contribution in [1.29, 1.82) is 0 Å². The van der Waals surface area contributed by atoms with E-state index in [-0.39, 0.29) is 5.92 Å². The van der Waals surface area contributed by atoms with E-state index in [1.54, 1.807) is 0 Å². The van der Waals surface area contributed by atoms with Crippen molar-refractivity contribution in [2.24, 2.45) is 35.5 Å². The van der Waals surface area contributed by atoms with E-state index in [9.17, 15) is 13.9 Å². The fraction of sp³-hybridized carbons (Fsp3) is 1.00. The first-order valence-electron chi connectivity index (χ1n) is 12.1. The molecular weight excluding hydrogens is 342 g/mol. The Morgan fingerprint density at radius 3 is 1.70 bits per heavy atom. The summed E-state index contributed by atoms with van der Waals surface area (Å²) in [5, 5.41) is 9.57. The van der Waals surface area contributed by atoms with Crippen LogP contribution < -0.4 is 0 Å². The van der Waals surface area contributed by atoms with Gasteiger partial charge in [-0.1, -0.05) is 38.5 Å². The molecule has 0 spiro atoms. The fourth-order valence-corrected chi connectivity index (χ4v) is 7.28. The maximum atomic E-state index is 14.4. The van der Waals surface area contributed by atoms with Gasteiger partial charge < -0.3 is 5.11 Å². The summed E-state index contributed by atoms with van der Waals surface area (Å²) >= 11 is 0. The van der Waals surface area contributed by atoms with E-state index >= 15 is 0 Å². The Hall–Kier alpha value is -0.180. The van der Waals surface area contributed by atoms with Gasteiger partial charge in [0, 0.05) is 0 Å². The largest absolute Gasteiger partial charge is 0.390 e. The third-order valence-corrected chi connectivity index (χ3v) is 9.00. The van der Waals surface area contributed by atoms with Gasteiger partial charge in [0.15, 0.2) is 6.17 Å². The summed E-state index contributed by atoms with van der Waals surface area (Å²) in [5.41, 5.74) is 0. The molecule has 0 aliphatic heterocycles. The van der Waals surface area contributed by atoms with Crippen molar-refractivity contribution in [3.8, 4) is 0 Å². The number of hydrogen-bond donors (Lipinski definition) is 1. The molecule has 3 heteroatoms. The molecular formula is C24H40F2O. The molecule has 4 rings (SSSR count). The average Bonchev–Trinajstić information content (AvgIpc) is 3.20. The first kappa shape index (κ1) is 20.1. The average molecular weight is 383 g/mol. The molecule has 4 aliphatic rings. The van der Waals surface area contributed by atoms with Crippen LogP contribution in [-0.2, 0) is 0 Å².